The molecule has 1 aromatic rings. The van der Waals surface area contributed by atoms with Crippen LogP contribution in [0.15, 0.2) is 12.3 Å². The van der Waals surface area contributed by atoms with E-state index in [0.29, 0.717) is 0 Å². The summed E-state index contributed by atoms with van der Waals surface area (Å²) in [7, 11) is 0. The van der Waals surface area contributed by atoms with Gasteiger partial charge in [0.25, 0.3) is 0 Å². The maximum Gasteiger partial charge on any atom is 0.129 e. The largest absolute Gasteiger partial charge is 0.545 e. The molecular weight excluding hydrogens is 168 g/mol. The third-order valence-corrected chi connectivity index (χ3v) is 1.33. The van der Waals surface area contributed by atoms with Crippen molar-refractivity contribution in [3.63, 3.8) is 0 Å². The Morgan fingerprint density at radius 3 is 2.82 bits per heavy atom. The van der Waals surface area contributed by atoms with Gasteiger partial charge in [0.05, 0.1) is 17.9 Å². The summed E-state index contributed by atoms with van der Waals surface area (Å²) < 4.78 is 0. The zero-order valence-electron chi connectivity index (χ0n) is 5.37. The number of carboxylic acids is 1. The van der Waals surface area contributed by atoms with Gasteiger partial charge < -0.3 is 15.6 Å². The highest BCUT2D eigenvalue weighted by Crippen LogP contribution is 2.13. The third kappa shape index (κ3) is 1.59. The SMILES string of the molecule is Nc1cnc(Cl)cc1C(=O)[O-]. The van der Waals surface area contributed by atoms with Gasteiger partial charge in [0.15, 0.2) is 0 Å². The van der Waals surface area contributed by atoms with Crippen LogP contribution in [0.3, 0.4) is 0 Å². The number of anilines is 1. The Balaban J connectivity index is 3.23. The van der Waals surface area contributed by atoms with Gasteiger partial charge in [-0.1, -0.05) is 11.6 Å². The Labute approximate surface area is 67.6 Å². The third-order valence-electron chi connectivity index (χ3n) is 1.12. The predicted octanol–water partition coefficient (Wildman–Crippen LogP) is -0.319. The average molecular weight is 172 g/mol. The smallest absolute Gasteiger partial charge is 0.129 e. The molecule has 58 valence electrons. The maximum atomic E-state index is 10.3. The van der Waals surface area contributed by atoms with E-state index in [1.165, 1.54) is 6.20 Å². The number of nitrogen functional groups attached to an aromatic ring is 1. The van der Waals surface area contributed by atoms with Crippen LogP contribution in [-0.4, -0.2) is 11.0 Å². The number of carboxylic acid groups (broad SMARTS) is 1. The second kappa shape index (κ2) is 2.75. The number of aromatic nitrogens is 1. The van der Waals surface area contributed by atoms with Crippen molar-refractivity contribution in [1.29, 1.82) is 0 Å². The van der Waals surface area contributed by atoms with E-state index in [2.05, 4.69) is 4.98 Å². The summed E-state index contributed by atoms with van der Waals surface area (Å²) in [6.45, 7) is 0. The molecule has 0 aliphatic heterocycles. The van der Waals surface area contributed by atoms with E-state index in [9.17, 15) is 9.90 Å². The molecule has 1 heterocycles. The molecule has 0 unspecified atom stereocenters. The van der Waals surface area contributed by atoms with E-state index < -0.39 is 5.97 Å². The molecule has 0 saturated heterocycles. The summed E-state index contributed by atoms with van der Waals surface area (Å²) in [5, 5.41) is 10.4. The molecule has 0 bridgehead atoms. The van der Waals surface area contributed by atoms with Crippen LogP contribution in [-0.2, 0) is 0 Å². The lowest BCUT2D eigenvalue weighted by atomic mass is 10.2. The number of carbonyl (C=O) groups excluding carboxylic acids is 1. The van der Waals surface area contributed by atoms with Gasteiger partial charge in [-0.05, 0) is 6.07 Å². The van der Waals surface area contributed by atoms with Crippen molar-refractivity contribution in [3.8, 4) is 0 Å². The maximum absolute atomic E-state index is 10.3. The molecule has 2 N–H and O–H groups in total. The van der Waals surface area contributed by atoms with E-state index in [4.69, 9.17) is 17.3 Å². The van der Waals surface area contributed by atoms with Crippen LogP contribution in [0.4, 0.5) is 5.69 Å². The Hall–Kier alpha value is -1.29. The van der Waals surface area contributed by atoms with Gasteiger partial charge in [-0.15, -0.1) is 0 Å². The lowest BCUT2D eigenvalue weighted by molar-refractivity contribution is -0.254. The molecule has 0 aliphatic carbocycles. The number of hydrogen-bond acceptors (Lipinski definition) is 4. The summed E-state index contributed by atoms with van der Waals surface area (Å²) >= 11 is 5.40. The highest BCUT2D eigenvalue weighted by molar-refractivity contribution is 6.29. The van der Waals surface area contributed by atoms with Crippen molar-refractivity contribution in [2.45, 2.75) is 0 Å². The highest BCUT2D eigenvalue weighted by atomic mass is 35.5. The van der Waals surface area contributed by atoms with Crippen molar-refractivity contribution in [3.05, 3.63) is 23.0 Å². The fourth-order valence-electron chi connectivity index (χ4n) is 0.617. The lowest BCUT2D eigenvalue weighted by Gasteiger charge is -2.04. The molecule has 0 amide bonds. The fraction of sp³-hybridized carbons (Fsp3) is 0. The summed E-state index contributed by atoms with van der Waals surface area (Å²) in [6.07, 6.45) is 1.17. The quantitative estimate of drug-likeness (QED) is 0.588. The molecule has 4 nitrogen and oxygen atoms in total. The van der Waals surface area contributed by atoms with Crippen LogP contribution >= 0.6 is 11.6 Å². The van der Waals surface area contributed by atoms with Crippen LogP contribution in [0.2, 0.25) is 5.15 Å². The number of nitrogens with zero attached hydrogens (tertiary/aromatic N) is 1. The van der Waals surface area contributed by atoms with Crippen molar-refractivity contribution < 1.29 is 9.90 Å². The second-order valence-corrected chi connectivity index (χ2v) is 2.27. The number of aromatic carboxylic acids is 1. The summed E-state index contributed by atoms with van der Waals surface area (Å²) in [5.41, 5.74) is 5.16. The Kier molecular flexibility index (Phi) is 1.96. The number of pyridine rings is 1. The van der Waals surface area contributed by atoms with Gasteiger partial charge in [0, 0.05) is 5.56 Å². The van der Waals surface area contributed by atoms with E-state index >= 15 is 0 Å². The number of halogens is 1. The zero-order chi connectivity index (χ0) is 8.43. The van der Waals surface area contributed by atoms with Crippen LogP contribution < -0.4 is 10.8 Å². The molecular formula is C6H4ClN2O2-. The van der Waals surface area contributed by atoms with Gasteiger partial charge in [0.2, 0.25) is 0 Å². The van der Waals surface area contributed by atoms with Crippen LogP contribution in [0.1, 0.15) is 10.4 Å². The first-order valence-electron chi connectivity index (χ1n) is 2.73. The number of rotatable bonds is 1. The molecule has 11 heavy (non-hydrogen) atoms. The predicted molar refractivity (Wildman–Crippen MR) is 38.0 cm³/mol. The Morgan fingerprint density at radius 1 is 1.73 bits per heavy atom. The van der Waals surface area contributed by atoms with Crippen molar-refractivity contribution in [1.82, 2.24) is 4.98 Å². The van der Waals surface area contributed by atoms with Gasteiger partial charge in [-0.3, -0.25) is 0 Å². The monoisotopic (exact) mass is 171 g/mol. The normalized spacial score (nSPS) is 9.55. The van der Waals surface area contributed by atoms with Crippen molar-refractivity contribution in [2.24, 2.45) is 0 Å². The molecule has 1 aromatic heterocycles. The van der Waals surface area contributed by atoms with E-state index in [-0.39, 0.29) is 16.4 Å². The molecule has 0 aliphatic rings. The second-order valence-electron chi connectivity index (χ2n) is 1.88. The van der Waals surface area contributed by atoms with Crippen LogP contribution in [0, 0.1) is 0 Å². The summed E-state index contributed by atoms with van der Waals surface area (Å²) in [5.74, 6) is -1.35. The fourth-order valence-corrected chi connectivity index (χ4v) is 0.775. The molecule has 1 rings (SSSR count). The summed E-state index contributed by atoms with van der Waals surface area (Å²) in [4.78, 5) is 13.9. The van der Waals surface area contributed by atoms with E-state index in [0.717, 1.165) is 6.07 Å². The summed E-state index contributed by atoms with van der Waals surface area (Å²) in [6, 6.07) is 1.15. The molecule has 0 fully saturated rings. The Morgan fingerprint density at radius 2 is 2.36 bits per heavy atom. The van der Waals surface area contributed by atoms with Gasteiger partial charge >= 0.3 is 0 Å². The molecule has 0 atom stereocenters. The van der Waals surface area contributed by atoms with Gasteiger partial charge in [-0.2, -0.15) is 0 Å². The molecule has 0 spiro atoms. The van der Waals surface area contributed by atoms with Gasteiger partial charge in [0.1, 0.15) is 5.15 Å². The number of nitrogens with two attached hydrogens (primary N) is 1. The van der Waals surface area contributed by atoms with Crippen LogP contribution in [0.25, 0.3) is 0 Å². The minimum atomic E-state index is -1.35. The standard InChI is InChI=1S/C6H5ClN2O2/c7-5-1-3(6(10)11)4(8)2-9-5/h1-2H,8H2,(H,10,11)/p-1. The average Bonchev–Trinajstić information content (AvgIpc) is 1.94. The molecule has 0 saturated carbocycles. The minimum Gasteiger partial charge on any atom is -0.545 e. The topological polar surface area (TPSA) is 79.0 Å². The van der Waals surface area contributed by atoms with E-state index in [1.807, 2.05) is 0 Å². The number of carbonyl (C=O) groups is 1. The highest BCUT2D eigenvalue weighted by Gasteiger charge is 2.00. The Bertz CT molecular complexity index is 301. The molecule has 5 heteroatoms. The van der Waals surface area contributed by atoms with Gasteiger partial charge in [-0.25, -0.2) is 4.98 Å². The van der Waals surface area contributed by atoms with Crippen molar-refractivity contribution in [2.75, 3.05) is 5.73 Å². The first kappa shape index (κ1) is 7.81. The van der Waals surface area contributed by atoms with Crippen LogP contribution in [0.5, 0.6) is 0 Å². The first-order valence-corrected chi connectivity index (χ1v) is 3.11. The van der Waals surface area contributed by atoms with E-state index in [1.54, 1.807) is 0 Å². The minimum absolute atomic E-state index is 0.0504. The van der Waals surface area contributed by atoms with Crippen molar-refractivity contribution >= 4 is 23.3 Å². The molecule has 0 aromatic carbocycles. The number of hydrogen-bond donors (Lipinski definition) is 1. The lowest BCUT2D eigenvalue weighted by Crippen LogP contribution is -2.23. The first-order chi connectivity index (χ1) is 5.11. The molecule has 0 radical (unpaired) electrons. The zero-order valence-corrected chi connectivity index (χ0v) is 6.13.